The molecule has 1 unspecified atom stereocenters. The fourth-order valence-electron chi connectivity index (χ4n) is 4.92. The number of likely N-dealkylation sites (tertiary alicyclic amines) is 1. The lowest BCUT2D eigenvalue weighted by molar-refractivity contribution is -0.137. The normalized spacial score (nSPS) is 22.4. The van der Waals surface area contributed by atoms with Crippen molar-refractivity contribution in [2.24, 2.45) is 16.1 Å². The van der Waals surface area contributed by atoms with Crippen LogP contribution in [0.15, 0.2) is 89.7 Å². The van der Waals surface area contributed by atoms with Crippen LogP contribution in [0.5, 0.6) is 0 Å². The Bertz CT molecular complexity index is 1320. The third-order valence-corrected chi connectivity index (χ3v) is 6.82. The summed E-state index contributed by atoms with van der Waals surface area (Å²) in [5, 5.41) is 7.51. The van der Waals surface area contributed by atoms with E-state index in [2.05, 4.69) is 28.0 Å². The van der Waals surface area contributed by atoms with E-state index in [0.717, 1.165) is 23.9 Å². The van der Waals surface area contributed by atoms with Gasteiger partial charge < -0.3 is 11.1 Å². The average molecular weight is 510 g/mol. The number of benzene rings is 1. The van der Waals surface area contributed by atoms with Crippen LogP contribution >= 0.6 is 0 Å². The van der Waals surface area contributed by atoms with E-state index < -0.39 is 17.2 Å². The highest BCUT2D eigenvalue weighted by molar-refractivity contribution is 6.11. The summed E-state index contributed by atoms with van der Waals surface area (Å²) in [6.07, 6.45) is 2.13. The smallest absolute Gasteiger partial charge is 0.404 e. The molecule has 1 atom stereocenters. The SMILES string of the molecule is C=C(C=N)CN1CCC2=CC(=Nc3ccc(F)cc3)C(=CN)CC2(C(=C)c2cc(C(F)(F)F)ccn2)C1. The van der Waals surface area contributed by atoms with Gasteiger partial charge >= 0.3 is 6.18 Å². The van der Waals surface area contributed by atoms with Crippen molar-refractivity contribution in [3.8, 4) is 0 Å². The number of piperidine rings is 1. The average Bonchev–Trinajstić information content (AvgIpc) is 2.88. The second kappa shape index (κ2) is 10.3. The minimum atomic E-state index is -4.52. The number of rotatable bonds is 6. The molecule has 2 aliphatic rings. The number of nitrogens with one attached hydrogen (secondary N) is 1. The Morgan fingerprint density at radius 2 is 1.95 bits per heavy atom. The van der Waals surface area contributed by atoms with Gasteiger partial charge in [0.25, 0.3) is 0 Å². The second-order valence-corrected chi connectivity index (χ2v) is 9.26. The van der Waals surface area contributed by atoms with E-state index >= 15 is 0 Å². The van der Waals surface area contributed by atoms with E-state index in [9.17, 15) is 17.6 Å². The number of alkyl halides is 3. The van der Waals surface area contributed by atoms with Crippen molar-refractivity contribution >= 4 is 23.2 Å². The van der Waals surface area contributed by atoms with E-state index in [0.29, 0.717) is 60.6 Å². The summed E-state index contributed by atoms with van der Waals surface area (Å²) in [6, 6.07) is 7.73. The van der Waals surface area contributed by atoms with Gasteiger partial charge in [-0.1, -0.05) is 18.7 Å². The van der Waals surface area contributed by atoms with Crippen molar-refractivity contribution < 1.29 is 17.6 Å². The Balaban J connectivity index is 1.82. The molecule has 2 aromatic rings. The number of fused-ring (bicyclic) bond motifs is 1. The van der Waals surface area contributed by atoms with E-state index in [1.807, 2.05) is 6.08 Å². The summed E-state index contributed by atoms with van der Waals surface area (Å²) in [6.45, 7) is 9.69. The zero-order valence-electron chi connectivity index (χ0n) is 20.2. The number of halogens is 4. The van der Waals surface area contributed by atoms with Gasteiger partial charge in [0, 0.05) is 37.5 Å². The van der Waals surface area contributed by atoms with Gasteiger partial charge in [0.05, 0.1) is 22.7 Å². The van der Waals surface area contributed by atoms with Crippen LogP contribution in [0.4, 0.5) is 23.2 Å². The minimum Gasteiger partial charge on any atom is -0.404 e. The first kappa shape index (κ1) is 26.2. The maximum atomic E-state index is 13.5. The summed E-state index contributed by atoms with van der Waals surface area (Å²) in [5.74, 6) is -0.372. The van der Waals surface area contributed by atoms with Gasteiger partial charge in [0.1, 0.15) is 5.82 Å². The van der Waals surface area contributed by atoms with Crippen molar-refractivity contribution in [2.45, 2.75) is 19.0 Å². The highest BCUT2D eigenvalue weighted by Crippen LogP contribution is 2.52. The lowest BCUT2D eigenvalue weighted by atomic mass is 9.62. The molecule has 0 amide bonds. The number of nitrogens with two attached hydrogens (primary N) is 1. The molecular weight excluding hydrogens is 482 g/mol. The summed E-state index contributed by atoms with van der Waals surface area (Å²) in [4.78, 5) is 11.0. The molecule has 1 aromatic heterocycles. The van der Waals surface area contributed by atoms with Crippen molar-refractivity contribution in [3.05, 3.63) is 102 Å². The number of aliphatic imine (C=N–C) groups is 1. The van der Waals surface area contributed by atoms with Crippen molar-refractivity contribution in [1.29, 1.82) is 5.41 Å². The molecule has 5 nitrogen and oxygen atoms in total. The van der Waals surface area contributed by atoms with Gasteiger partial charge in [-0.2, -0.15) is 13.2 Å². The molecule has 1 aliphatic carbocycles. The Morgan fingerprint density at radius 1 is 1.22 bits per heavy atom. The van der Waals surface area contributed by atoms with E-state index in [-0.39, 0.29) is 11.5 Å². The van der Waals surface area contributed by atoms with E-state index in [1.54, 1.807) is 12.1 Å². The fourth-order valence-corrected chi connectivity index (χ4v) is 4.92. The Morgan fingerprint density at radius 3 is 2.59 bits per heavy atom. The second-order valence-electron chi connectivity index (χ2n) is 9.26. The van der Waals surface area contributed by atoms with Gasteiger partial charge in [-0.3, -0.25) is 9.88 Å². The summed E-state index contributed by atoms with van der Waals surface area (Å²) < 4.78 is 53.8. The zero-order chi connectivity index (χ0) is 26.8. The molecule has 9 heteroatoms. The molecule has 1 aromatic carbocycles. The minimum absolute atomic E-state index is 0.156. The Labute approximate surface area is 212 Å². The van der Waals surface area contributed by atoms with E-state index in [4.69, 9.17) is 11.1 Å². The molecule has 4 rings (SSSR count). The maximum absolute atomic E-state index is 13.5. The number of hydrogen-bond donors (Lipinski definition) is 2. The van der Waals surface area contributed by atoms with Gasteiger partial charge in [-0.05, 0) is 78.2 Å². The van der Waals surface area contributed by atoms with Crippen LogP contribution in [0.2, 0.25) is 0 Å². The number of hydrogen-bond acceptors (Lipinski definition) is 5. The molecule has 0 radical (unpaired) electrons. The first-order valence-corrected chi connectivity index (χ1v) is 11.7. The summed E-state index contributed by atoms with van der Waals surface area (Å²) >= 11 is 0. The summed E-state index contributed by atoms with van der Waals surface area (Å²) in [5.41, 5.74) is 8.49. The molecule has 0 spiro atoms. The first-order chi connectivity index (χ1) is 17.6. The van der Waals surface area contributed by atoms with Crippen molar-refractivity contribution in [1.82, 2.24) is 9.88 Å². The van der Waals surface area contributed by atoms with Crippen LogP contribution in [0, 0.1) is 16.6 Å². The molecule has 1 saturated heterocycles. The standard InChI is InChI=1S/C28H27F4N5/c1-18(14-33)16-37-10-8-21-11-26(36-24-5-3-23(29)4-6-24)20(15-34)13-27(21,17-37)19(2)25-12-22(7-9-35-25)28(30,31)32/h3-7,9,11-12,14-15,33H,1-2,8,10,13,16-17,34H2. The van der Waals surface area contributed by atoms with Gasteiger partial charge in [0.2, 0.25) is 0 Å². The summed E-state index contributed by atoms with van der Waals surface area (Å²) in [7, 11) is 0. The van der Waals surface area contributed by atoms with Gasteiger partial charge in [-0.15, -0.1) is 0 Å². The van der Waals surface area contributed by atoms with Crippen LogP contribution < -0.4 is 5.73 Å². The van der Waals surface area contributed by atoms with Crippen LogP contribution in [-0.2, 0) is 6.18 Å². The third kappa shape index (κ3) is 5.46. The predicted octanol–water partition coefficient (Wildman–Crippen LogP) is 6.10. The van der Waals surface area contributed by atoms with Crippen LogP contribution in [0.25, 0.3) is 5.57 Å². The molecule has 1 aliphatic heterocycles. The Kier molecular flexibility index (Phi) is 7.27. The van der Waals surface area contributed by atoms with E-state index in [1.165, 1.54) is 24.5 Å². The molecule has 37 heavy (non-hydrogen) atoms. The lowest BCUT2D eigenvalue weighted by Crippen LogP contribution is -2.48. The first-order valence-electron chi connectivity index (χ1n) is 11.7. The Hall–Kier alpha value is -3.85. The van der Waals surface area contributed by atoms with Gasteiger partial charge in [0.15, 0.2) is 0 Å². The lowest BCUT2D eigenvalue weighted by Gasteiger charge is -2.48. The molecular formula is C28H27F4N5. The largest absolute Gasteiger partial charge is 0.416 e. The number of pyridine rings is 1. The molecule has 0 saturated carbocycles. The van der Waals surface area contributed by atoms with Gasteiger partial charge in [-0.25, -0.2) is 9.38 Å². The zero-order valence-corrected chi connectivity index (χ0v) is 20.2. The highest BCUT2D eigenvalue weighted by atomic mass is 19.4. The molecule has 2 heterocycles. The number of nitrogens with zero attached hydrogens (tertiary/aromatic N) is 3. The fraction of sp³-hybridized carbons (Fsp3) is 0.250. The van der Waals surface area contributed by atoms with Crippen LogP contribution in [0.3, 0.4) is 0 Å². The molecule has 0 bridgehead atoms. The number of aromatic nitrogens is 1. The van der Waals surface area contributed by atoms with Crippen LogP contribution in [-0.4, -0.2) is 41.4 Å². The predicted molar refractivity (Wildman–Crippen MR) is 138 cm³/mol. The molecule has 3 N–H and O–H groups in total. The quantitative estimate of drug-likeness (QED) is 0.365. The van der Waals surface area contributed by atoms with Crippen molar-refractivity contribution in [3.63, 3.8) is 0 Å². The molecule has 1 fully saturated rings. The topological polar surface area (TPSA) is 78.4 Å². The number of allylic oxidation sites excluding steroid dienone is 2. The monoisotopic (exact) mass is 509 g/mol. The van der Waals surface area contributed by atoms with Crippen molar-refractivity contribution in [2.75, 3.05) is 19.6 Å². The third-order valence-electron chi connectivity index (χ3n) is 6.82. The molecule has 192 valence electrons. The van der Waals surface area contributed by atoms with Crippen LogP contribution in [0.1, 0.15) is 24.1 Å². The maximum Gasteiger partial charge on any atom is 0.416 e. The highest BCUT2D eigenvalue weighted by Gasteiger charge is 2.46.